The smallest absolute Gasteiger partial charge is 0.380 e. The van der Waals surface area contributed by atoms with Crippen molar-refractivity contribution >= 4 is 38.9 Å². The van der Waals surface area contributed by atoms with Crippen LogP contribution in [-0.2, 0) is 24.3 Å². The lowest BCUT2D eigenvalue weighted by atomic mass is 10.1. The number of nitrogens with one attached hydrogen (secondary N) is 3. The Morgan fingerprint density at radius 2 is 1.80 bits per heavy atom. The Bertz CT molecular complexity index is 1380. The Morgan fingerprint density at radius 3 is 2.40 bits per heavy atom. The zero-order valence-electron chi connectivity index (χ0n) is 18.3. The van der Waals surface area contributed by atoms with E-state index in [0.717, 1.165) is 6.26 Å². The highest BCUT2D eigenvalue weighted by molar-refractivity contribution is 7.92. The first-order chi connectivity index (χ1) is 16.6. The van der Waals surface area contributed by atoms with Gasteiger partial charge in [0, 0.05) is 29.2 Å². The van der Waals surface area contributed by atoms with Gasteiger partial charge >= 0.3 is 5.76 Å². The van der Waals surface area contributed by atoms with Gasteiger partial charge in [-0.2, -0.15) is 0 Å². The molecule has 4 rings (SSSR count). The van der Waals surface area contributed by atoms with Crippen molar-refractivity contribution in [1.82, 2.24) is 10.1 Å². The third kappa shape index (κ3) is 5.74. The molecule has 184 valence electrons. The number of carbonyl (C=O) groups excluding carboxylic acids is 2. The number of aliphatic hydroxyl groups excluding tert-OH is 1. The van der Waals surface area contributed by atoms with Gasteiger partial charge < -0.3 is 20.1 Å². The minimum Gasteiger partial charge on any atom is -0.380 e. The van der Waals surface area contributed by atoms with Gasteiger partial charge in [-0.1, -0.05) is 5.16 Å². The van der Waals surface area contributed by atoms with E-state index >= 15 is 0 Å². The number of benzene rings is 2. The van der Waals surface area contributed by atoms with Crippen molar-refractivity contribution in [3.05, 3.63) is 59.1 Å². The van der Waals surface area contributed by atoms with Crippen LogP contribution in [0.5, 0.6) is 0 Å². The summed E-state index contributed by atoms with van der Waals surface area (Å²) in [5, 5.41) is 16.6. The van der Waals surface area contributed by atoms with Crippen molar-refractivity contribution in [3.8, 4) is 11.4 Å². The molecule has 1 fully saturated rings. The molecule has 0 aliphatic carbocycles. The van der Waals surface area contributed by atoms with Gasteiger partial charge in [0.25, 0.3) is 11.8 Å². The van der Waals surface area contributed by atoms with Crippen LogP contribution in [0.15, 0.2) is 57.8 Å². The maximum atomic E-state index is 12.9. The van der Waals surface area contributed by atoms with Crippen LogP contribution in [0.1, 0.15) is 0 Å². The van der Waals surface area contributed by atoms with Gasteiger partial charge in [0.15, 0.2) is 18.0 Å². The number of hydrogen-bond donors (Lipinski definition) is 4. The third-order valence-electron chi connectivity index (χ3n) is 5.03. The number of aromatic nitrogens is 2. The molecule has 35 heavy (non-hydrogen) atoms. The molecule has 1 aromatic heterocycles. The van der Waals surface area contributed by atoms with Gasteiger partial charge in [-0.25, -0.2) is 13.2 Å². The Balaban J connectivity index is 1.41. The number of ether oxygens (including phenoxy) is 1. The summed E-state index contributed by atoms with van der Waals surface area (Å²) >= 11 is 0. The Labute approximate surface area is 198 Å². The fourth-order valence-electron chi connectivity index (χ4n) is 3.43. The second kappa shape index (κ2) is 9.69. The molecule has 2 heterocycles. The van der Waals surface area contributed by atoms with Gasteiger partial charge in [0.2, 0.25) is 10.0 Å². The maximum absolute atomic E-state index is 12.9. The van der Waals surface area contributed by atoms with Crippen LogP contribution in [-0.4, -0.2) is 67.1 Å². The highest BCUT2D eigenvalue weighted by Gasteiger charge is 2.39. The lowest BCUT2D eigenvalue weighted by Gasteiger charge is -2.34. The van der Waals surface area contributed by atoms with Crippen LogP contribution in [0.4, 0.5) is 17.1 Å². The van der Waals surface area contributed by atoms with E-state index in [1.165, 1.54) is 29.2 Å². The average Bonchev–Trinajstić information content (AvgIpc) is 3.25. The van der Waals surface area contributed by atoms with E-state index in [1.54, 1.807) is 24.3 Å². The van der Waals surface area contributed by atoms with Crippen LogP contribution in [0.3, 0.4) is 0 Å². The lowest BCUT2D eigenvalue weighted by Crippen LogP contribution is -2.55. The average molecular weight is 503 g/mol. The van der Waals surface area contributed by atoms with Crippen LogP contribution in [0.2, 0.25) is 0 Å². The fraction of sp³-hybridized carbons (Fsp3) is 0.238. The number of amides is 2. The molecule has 0 radical (unpaired) electrons. The molecule has 13 nitrogen and oxygen atoms in total. The van der Waals surface area contributed by atoms with Crippen LogP contribution < -0.4 is 20.7 Å². The largest absolute Gasteiger partial charge is 0.439 e. The number of H-pyrrole nitrogens is 1. The number of aromatic amines is 1. The van der Waals surface area contributed by atoms with Crippen LogP contribution in [0, 0.1) is 0 Å². The summed E-state index contributed by atoms with van der Waals surface area (Å²) in [6.45, 7) is 0.267. The van der Waals surface area contributed by atoms with Crippen molar-refractivity contribution in [3.63, 3.8) is 0 Å². The van der Waals surface area contributed by atoms with Crippen molar-refractivity contribution in [1.29, 1.82) is 0 Å². The van der Waals surface area contributed by atoms with E-state index in [4.69, 9.17) is 4.74 Å². The van der Waals surface area contributed by atoms with E-state index in [1.807, 2.05) is 0 Å². The van der Waals surface area contributed by atoms with E-state index in [-0.39, 0.29) is 19.0 Å². The minimum atomic E-state index is -3.45. The summed E-state index contributed by atoms with van der Waals surface area (Å²) in [4.78, 5) is 40.3. The molecule has 0 saturated carbocycles. The highest BCUT2D eigenvalue weighted by atomic mass is 32.2. The van der Waals surface area contributed by atoms with Gasteiger partial charge in [-0.3, -0.25) is 23.8 Å². The molecule has 14 heteroatoms. The fourth-order valence-corrected chi connectivity index (χ4v) is 4.00. The maximum Gasteiger partial charge on any atom is 0.439 e. The molecule has 2 atom stereocenters. The Hall–Kier alpha value is -4.01. The first kappa shape index (κ1) is 24.1. The number of anilines is 3. The number of hydrogen-bond acceptors (Lipinski definition) is 9. The van der Waals surface area contributed by atoms with Gasteiger partial charge in [-0.05, 0) is 48.5 Å². The predicted octanol–water partition coefficient (Wildman–Crippen LogP) is 0.133. The normalized spacial score (nSPS) is 17.1. The topological polar surface area (TPSA) is 184 Å². The molecule has 4 N–H and O–H groups in total. The summed E-state index contributed by atoms with van der Waals surface area (Å²) in [6.07, 6.45) is -2.20. The first-order valence-electron chi connectivity index (χ1n) is 10.3. The molecule has 1 saturated heterocycles. The number of nitrogens with zero attached hydrogens (tertiary/aromatic N) is 2. The van der Waals surface area contributed by atoms with Crippen molar-refractivity contribution in [2.24, 2.45) is 0 Å². The molecule has 1 aliphatic rings. The molecular weight excluding hydrogens is 482 g/mol. The number of morpholine rings is 1. The van der Waals surface area contributed by atoms with Crippen molar-refractivity contribution < 1.29 is 32.4 Å². The van der Waals surface area contributed by atoms with Crippen molar-refractivity contribution in [2.75, 3.05) is 34.3 Å². The quantitative estimate of drug-likeness (QED) is 0.348. The summed E-state index contributed by atoms with van der Waals surface area (Å²) in [7, 11) is -3.45. The second-order valence-corrected chi connectivity index (χ2v) is 9.41. The van der Waals surface area contributed by atoms with E-state index in [9.17, 15) is 27.9 Å². The van der Waals surface area contributed by atoms with E-state index in [2.05, 4.69) is 24.7 Å². The molecular formula is C21H21N5O8S. The first-order valence-corrected chi connectivity index (χ1v) is 12.2. The SMILES string of the molecule is CS(=O)(=O)Nc1ccc(N2CCO[C@H]([C@@H](O)C(=O)Nc3ccc(-c4noc(=O)[nH]4)cc3)C2=O)cc1. The second-order valence-electron chi connectivity index (χ2n) is 7.66. The number of aliphatic hydroxyl groups is 1. The van der Waals surface area contributed by atoms with Crippen LogP contribution >= 0.6 is 0 Å². The van der Waals surface area contributed by atoms with Gasteiger partial charge in [0.05, 0.1) is 12.9 Å². The highest BCUT2D eigenvalue weighted by Crippen LogP contribution is 2.23. The number of sulfonamides is 1. The van der Waals surface area contributed by atoms with Crippen molar-refractivity contribution in [2.45, 2.75) is 12.2 Å². The summed E-state index contributed by atoms with van der Waals surface area (Å²) in [5.41, 5.74) is 1.65. The van der Waals surface area contributed by atoms with Gasteiger partial charge in [-0.15, -0.1) is 0 Å². The molecule has 0 spiro atoms. The molecule has 3 aromatic rings. The summed E-state index contributed by atoms with van der Waals surface area (Å²) in [6, 6.07) is 12.3. The molecule has 0 unspecified atom stereocenters. The number of rotatable bonds is 7. The molecule has 1 aliphatic heterocycles. The Morgan fingerprint density at radius 1 is 1.14 bits per heavy atom. The van der Waals surface area contributed by atoms with Crippen LogP contribution in [0.25, 0.3) is 11.4 Å². The monoisotopic (exact) mass is 503 g/mol. The van der Waals surface area contributed by atoms with E-state index < -0.39 is 39.8 Å². The third-order valence-corrected chi connectivity index (χ3v) is 5.63. The Kier molecular flexibility index (Phi) is 6.68. The zero-order chi connectivity index (χ0) is 25.2. The zero-order valence-corrected chi connectivity index (χ0v) is 19.1. The minimum absolute atomic E-state index is 0.0781. The summed E-state index contributed by atoms with van der Waals surface area (Å²) in [5.74, 6) is -1.95. The molecule has 0 bridgehead atoms. The van der Waals surface area contributed by atoms with Gasteiger partial charge in [0.1, 0.15) is 0 Å². The summed E-state index contributed by atoms with van der Waals surface area (Å²) < 4.78 is 34.9. The standard InChI is InChI=1S/C21H21N5O8S/c1-35(31,32)25-14-6-8-15(9-7-14)26-10-11-33-17(20(26)29)16(27)19(28)22-13-4-2-12(3-5-13)18-23-21(30)34-24-18/h2-9,16-17,25,27H,10-11H2,1H3,(H,22,28)(H,23,24,30)/t16-,17-/m1/s1. The number of carbonyl (C=O) groups is 2. The van der Waals surface area contributed by atoms with E-state index in [0.29, 0.717) is 22.6 Å². The predicted molar refractivity (Wildman–Crippen MR) is 124 cm³/mol. The molecule has 2 aromatic carbocycles. The lowest BCUT2D eigenvalue weighted by molar-refractivity contribution is -0.150. The molecule has 2 amide bonds.